The Morgan fingerprint density at radius 3 is 2.06 bits per heavy atom. The minimum atomic E-state index is -1.43. The Bertz CT molecular complexity index is 193. The zero-order valence-corrected chi connectivity index (χ0v) is 10.4. The third-order valence-corrected chi connectivity index (χ3v) is 2.51. The molecule has 0 bridgehead atoms. The number of aliphatic hydroxyl groups is 4. The maximum Gasteiger partial charge on any atom is 0.111 e. The molecule has 5 nitrogen and oxygen atoms in total. The Balaban J connectivity index is 4.45. The minimum Gasteiger partial charge on any atom is -0.388 e. The van der Waals surface area contributed by atoms with E-state index in [1.165, 1.54) is 14.0 Å². The number of ether oxygens (including phenoxy) is 1. The normalized spacial score (nSPS) is 21.6. The van der Waals surface area contributed by atoms with Crippen molar-refractivity contribution in [2.24, 2.45) is 5.92 Å². The number of aliphatic hydroxyl groups excluding tert-OH is 3. The number of rotatable bonds is 7. The first kappa shape index (κ1) is 15.8. The van der Waals surface area contributed by atoms with Gasteiger partial charge in [0, 0.05) is 7.11 Å². The van der Waals surface area contributed by atoms with Crippen molar-refractivity contribution in [3.05, 3.63) is 0 Å². The molecule has 0 spiro atoms. The van der Waals surface area contributed by atoms with E-state index in [1.54, 1.807) is 0 Å². The highest BCUT2D eigenvalue weighted by Gasteiger charge is 2.39. The first-order valence-corrected chi connectivity index (χ1v) is 5.48. The van der Waals surface area contributed by atoms with E-state index in [2.05, 4.69) is 4.74 Å². The first-order valence-electron chi connectivity index (χ1n) is 5.48. The summed E-state index contributed by atoms with van der Waals surface area (Å²) in [6.45, 7) is 5.16. The lowest BCUT2D eigenvalue weighted by molar-refractivity contribution is -0.158. The van der Waals surface area contributed by atoms with Gasteiger partial charge in [0.25, 0.3) is 0 Å². The smallest absolute Gasteiger partial charge is 0.111 e. The summed E-state index contributed by atoms with van der Waals surface area (Å²) in [5.41, 5.74) is -1.43. The molecule has 5 heteroatoms. The molecule has 0 radical (unpaired) electrons. The fourth-order valence-electron chi connectivity index (χ4n) is 1.79. The molecule has 4 atom stereocenters. The molecule has 0 amide bonds. The molecule has 0 rings (SSSR count). The zero-order chi connectivity index (χ0) is 12.9. The van der Waals surface area contributed by atoms with E-state index >= 15 is 0 Å². The molecule has 0 aromatic rings. The third kappa shape index (κ3) is 4.76. The molecule has 0 aliphatic rings. The second-order valence-electron chi connectivity index (χ2n) is 4.91. The first-order chi connectivity index (χ1) is 7.22. The van der Waals surface area contributed by atoms with Crippen LogP contribution in [0, 0.1) is 5.92 Å². The van der Waals surface area contributed by atoms with E-state index in [4.69, 9.17) is 0 Å². The maximum absolute atomic E-state index is 9.98. The van der Waals surface area contributed by atoms with E-state index in [-0.39, 0.29) is 12.5 Å². The van der Waals surface area contributed by atoms with Gasteiger partial charge in [-0.05, 0) is 19.3 Å². The fourth-order valence-corrected chi connectivity index (χ4v) is 1.79. The summed E-state index contributed by atoms with van der Waals surface area (Å²) >= 11 is 0. The molecule has 0 heterocycles. The minimum absolute atomic E-state index is 0.0873. The van der Waals surface area contributed by atoms with Crippen molar-refractivity contribution in [3.63, 3.8) is 0 Å². The molecule has 0 aliphatic heterocycles. The molecule has 0 saturated heterocycles. The summed E-state index contributed by atoms with van der Waals surface area (Å²) in [5, 5.41) is 38.8. The zero-order valence-electron chi connectivity index (χ0n) is 10.4. The van der Waals surface area contributed by atoms with Crippen LogP contribution < -0.4 is 0 Å². The summed E-state index contributed by atoms with van der Waals surface area (Å²) in [7, 11) is 1.38. The second-order valence-corrected chi connectivity index (χ2v) is 4.91. The van der Waals surface area contributed by atoms with Crippen molar-refractivity contribution in [3.8, 4) is 0 Å². The van der Waals surface area contributed by atoms with Crippen molar-refractivity contribution < 1.29 is 25.2 Å². The Labute approximate surface area is 96.7 Å². The number of hydrogen-bond acceptors (Lipinski definition) is 5. The average molecular weight is 236 g/mol. The Hall–Kier alpha value is -0.200. The van der Waals surface area contributed by atoms with Crippen LogP contribution in [-0.2, 0) is 4.74 Å². The van der Waals surface area contributed by atoms with E-state index in [9.17, 15) is 20.4 Å². The van der Waals surface area contributed by atoms with Crippen LogP contribution in [0.25, 0.3) is 0 Å². The van der Waals surface area contributed by atoms with Crippen LogP contribution in [0.5, 0.6) is 0 Å². The third-order valence-electron chi connectivity index (χ3n) is 2.51. The SMILES string of the molecule is COCC(O)C(O)C(O)C(C)(O)CC(C)C. The number of methoxy groups -OCH3 is 1. The molecular formula is C11H24O5. The van der Waals surface area contributed by atoms with Gasteiger partial charge >= 0.3 is 0 Å². The van der Waals surface area contributed by atoms with Crippen molar-refractivity contribution in [2.45, 2.75) is 51.1 Å². The molecule has 4 unspecified atom stereocenters. The van der Waals surface area contributed by atoms with E-state index in [1.807, 2.05) is 13.8 Å². The standard InChI is InChI=1S/C11H24O5/c1-7(2)5-11(3,15)10(14)9(13)8(12)6-16-4/h7-10,12-15H,5-6H2,1-4H3. The van der Waals surface area contributed by atoms with Gasteiger partial charge in [0.1, 0.15) is 18.3 Å². The summed E-state index contributed by atoms with van der Waals surface area (Å²) in [6, 6.07) is 0. The van der Waals surface area contributed by atoms with Crippen LogP contribution in [0.15, 0.2) is 0 Å². The largest absolute Gasteiger partial charge is 0.388 e. The number of hydrogen-bond donors (Lipinski definition) is 4. The van der Waals surface area contributed by atoms with E-state index < -0.39 is 23.9 Å². The monoisotopic (exact) mass is 236 g/mol. The van der Waals surface area contributed by atoms with Gasteiger partial charge in [-0.2, -0.15) is 0 Å². The van der Waals surface area contributed by atoms with Gasteiger partial charge in [0.2, 0.25) is 0 Å². The highest BCUT2D eigenvalue weighted by atomic mass is 16.5. The van der Waals surface area contributed by atoms with E-state index in [0.29, 0.717) is 6.42 Å². The Morgan fingerprint density at radius 2 is 1.69 bits per heavy atom. The van der Waals surface area contributed by atoms with Crippen LogP contribution in [0.2, 0.25) is 0 Å². The Kier molecular flexibility index (Phi) is 6.43. The van der Waals surface area contributed by atoms with Crippen LogP contribution in [0.3, 0.4) is 0 Å². The van der Waals surface area contributed by atoms with Crippen molar-refractivity contribution in [2.75, 3.05) is 13.7 Å². The molecule has 4 N–H and O–H groups in total. The highest BCUT2D eigenvalue weighted by Crippen LogP contribution is 2.23. The molecule has 0 saturated carbocycles. The lowest BCUT2D eigenvalue weighted by atomic mass is 9.85. The van der Waals surface area contributed by atoms with Gasteiger partial charge in [-0.1, -0.05) is 13.8 Å². The summed E-state index contributed by atoms with van der Waals surface area (Å²) in [5.74, 6) is 0.177. The fraction of sp³-hybridized carbons (Fsp3) is 1.00. The lowest BCUT2D eigenvalue weighted by Gasteiger charge is -2.35. The maximum atomic E-state index is 9.98. The predicted molar refractivity (Wildman–Crippen MR) is 60.0 cm³/mol. The van der Waals surface area contributed by atoms with Gasteiger partial charge < -0.3 is 25.2 Å². The van der Waals surface area contributed by atoms with Crippen LogP contribution >= 0.6 is 0 Å². The van der Waals surface area contributed by atoms with Gasteiger partial charge in [-0.25, -0.2) is 0 Å². The van der Waals surface area contributed by atoms with Gasteiger partial charge in [0.15, 0.2) is 0 Å². The molecule has 16 heavy (non-hydrogen) atoms. The van der Waals surface area contributed by atoms with Gasteiger partial charge in [0.05, 0.1) is 12.2 Å². The Morgan fingerprint density at radius 1 is 1.19 bits per heavy atom. The quantitative estimate of drug-likeness (QED) is 0.479. The van der Waals surface area contributed by atoms with E-state index in [0.717, 1.165) is 0 Å². The molecular weight excluding hydrogens is 212 g/mol. The predicted octanol–water partition coefficient (Wildman–Crippen LogP) is -0.487. The lowest BCUT2D eigenvalue weighted by Crippen LogP contribution is -2.52. The van der Waals surface area contributed by atoms with Gasteiger partial charge in [-0.15, -0.1) is 0 Å². The van der Waals surface area contributed by atoms with Crippen molar-refractivity contribution >= 4 is 0 Å². The summed E-state index contributed by atoms with van der Waals surface area (Å²) in [4.78, 5) is 0. The summed E-state index contributed by atoms with van der Waals surface area (Å²) < 4.78 is 4.67. The van der Waals surface area contributed by atoms with Crippen LogP contribution in [0.1, 0.15) is 27.2 Å². The highest BCUT2D eigenvalue weighted by molar-refractivity contribution is 4.90. The van der Waals surface area contributed by atoms with Crippen LogP contribution in [-0.4, -0.2) is 58.1 Å². The van der Waals surface area contributed by atoms with Crippen LogP contribution in [0.4, 0.5) is 0 Å². The average Bonchev–Trinajstić information content (AvgIpc) is 2.13. The molecule has 0 fully saturated rings. The molecule has 0 aromatic heterocycles. The topological polar surface area (TPSA) is 90.2 Å². The van der Waals surface area contributed by atoms with Crippen molar-refractivity contribution in [1.82, 2.24) is 0 Å². The molecule has 0 aromatic carbocycles. The van der Waals surface area contributed by atoms with Gasteiger partial charge in [-0.3, -0.25) is 0 Å². The molecule has 98 valence electrons. The van der Waals surface area contributed by atoms with Crippen molar-refractivity contribution in [1.29, 1.82) is 0 Å². The molecule has 0 aliphatic carbocycles. The summed E-state index contributed by atoms with van der Waals surface area (Å²) in [6.07, 6.45) is -3.70. The second kappa shape index (κ2) is 6.51.